The summed E-state index contributed by atoms with van der Waals surface area (Å²) in [6.45, 7) is 0. The third-order valence-electron chi connectivity index (χ3n) is 3.87. The fourth-order valence-electron chi connectivity index (χ4n) is 2.66. The van der Waals surface area contributed by atoms with Crippen molar-refractivity contribution in [3.63, 3.8) is 0 Å². The van der Waals surface area contributed by atoms with E-state index in [1.54, 1.807) is 43.5 Å². The number of nitrogens with one attached hydrogen (secondary N) is 1. The zero-order valence-electron chi connectivity index (χ0n) is 13.2. The van der Waals surface area contributed by atoms with Crippen LogP contribution in [0.3, 0.4) is 0 Å². The number of benzene rings is 1. The third kappa shape index (κ3) is 2.76. The lowest BCUT2D eigenvalue weighted by molar-refractivity contribution is -0.132. The molecule has 2 heterocycles. The van der Waals surface area contributed by atoms with Gasteiger partial charge in [-0.2, -0.15) is 5.10 Å². The molecule has 0 spiro atoms. The number of methoxy groups -OCH3 is 2. The van der Waals surface area contributed by atoms with Gasteiger partial charge in [-0.15, -0.1) is 0 Å². The Kier molecular flexibility index (Phi) is 4.33. The number of Topliss-reactive ketones (excluding diaryl/α,β-unsaturated/α-hetero) is 1. The number of esters is 1. The molecular formula is C17H16N2O5. The fraction of sp³-hybridized carbons (Fsp3) is 0.235. The van der Waals surface area contributed by atoms with Gasteiger partial charge in [-0.05, 0) is 29.8 Å². The van der Waals surface area contributed by atoms with Crippen molar-refractivity contribution in [2.75, 3.05) is 14.2 Å². The van der Waals surface area contributed by atoms with Crippen LogP contribution in [0.4, 0.5) is 0 Å². The maximum Gasteiger partial charge on any atom is 0.354 e. The average Bonchev–Trinajstić information content (AvgIpc) is 3.30. The molecule has 7 heteroatoms. The molecule has 7 nitrogen and oxygen atoms in total. The van der Waals surface area contributed by atoms with Crippen molar-refractivity contribution in [3.8, 4) is 5.75 Å². The summed E-state index contributed by atoms with van der Waals surface area (Å²) in [5, 5.41) is 4.02. The highest BCUT2D eigenvalue weighted by Gasteiger charge is 2.42. The van der Waals surface area contributed by atoms with E-state index < -0.39 is 17.9 Å². The number of rotatable bonds is 5. The number of hydrogen-bond acceptors (Lipinski definition) is 7. The van der Waals surface area contributed by atoms with Crippen molar-refractivity contribution >= 4 is 17.5 Å². The number of carbonyl (C=O) groups is 2. The highest BCUT2D eigenvalue weighted by molar-refractivity contribution is 6.40. The maximum absolute atomic E-state index is 12.7. The minimum absolute atomic E-state index is 0.146. The Balaban J connectivity index is 1.97. The Bertz CT molecular complexity index is 765. The van der Waals surface area contributed by atoms with Gasteiger partial charge < -0.3 is 13.9 Å². The number of hydrogen-bond donors (Lipinski definition) is 1. The number of ketones is 1. The highest BCUT2D eigenvalue weighted by Crippen LogP contribution is 2.30. The maximum atomic E-state index is 12.7. The van der Waals surface area contributed by atoms with E-state index in [9.17, 15) is 9.59 Å². The van der Waals surface area contributed by atoms with Crippen LogP contribution in [-0.2, 0) is 9.53 Å². The van der Waals surface area contributed by atoms with E-state index in [1.165, 1.54) is 13.4 Å². The van der Waals surface area contributed by atoms with Crippen LogP contribution in [0.1, 0.15) is 22.0 Å². The molecule has 1 aliphatic heterocycles. The molecule has 2 atom stereocenters. The van der Waals surface area contributed by atoms with Crippen LogP contribution in [0, 0.1) is 0 Å². The molecule has 2 aromatic rings. The van der Waals surface area contributed by atoms with Gasteiger partial charge in [0.15, 0.2) is 11.5 Å². The third-order valence-corrected chi connectivity index (χ3v) is 3.87. The molecule has 3 rings (SSSR count). The van der Waals surface area contributed by atoms with Gasteiger partial charge >= 0.3 is 5.97 Å². The molecule has 0 fully saturated rings. The largest absolute Gasteiger partial charge is 0.497 e. The minimum atomic E-state index is -0.751. The lowest BCUT2D eigenvalue weighted by Gasteiger charge is -2.18. The molecule has 0 unspecified atom stereocenters. The van der Waals surface area contributed by atoms with Crippen molar-refractivity contribution < 1.29 is 23.5 Å². The summed E-state index contributed by atoms with van der Waals surface area (Å²) in [7, 11) is 2.84. The van der Waals surface area contributed by atoms with Crippen LogP contribution >= 0.6 is 0 Å². The molecule has 124 valence electrons. The summed E-state index contributed by atoms with van der Waals surface area (Å²) >= 11 is 0. The minimum Gasteiger partial charge on any atom is -0.497 e. The Labute approximate surface area is 138 Å². The Morgan fingerprint density at radius 2 is 1.92 bits per heavy atom. The number of carbonyl (C=O) groups excluding carboxylic acids is 2. The second kappa shape index (κ2) is 6.57. The van der Waals surface area contributed by atoms with Crippen molar-refractivity contribution in [2.45, 2.75) is 12.0 Å². The smallest absolute Gasteiger partial charge is 0.354 e. The highest BCUT2D eigenvalue weighted by atomic mass is 16.5. The molecule has 1 aromatic carbocycles. The predicted octanol–water partition coefficient (Wildman–Crippen LogP) is 1.76. The summed E-state index contributed by atoms with van der Waals surface area (Å²) in [6, 6.07) is 9.55. The predicted molar refractivity (Wildman–Crippen MR) is 85.1 cm³/mol. The molecule has 1 aromatic heterocycles. The molecule has 0 saturated carbocycles. The van der Waals surface area contributed by atoms with Crippen LogP contribution in [0.5, 0.6) is 5.75 Å². The summed E-state index contributed by atoms with van der Waals surface area (Å²) < 4.78 is 15.1. The van der Waals surface area contributed by atoms with E-state index in [0.29, 0.717) is 5.75 Å². The van der Waals surface area contributed by atoms with Gasteiger partial charge in [0.2, 0.25) is 5.78 Å². The molecule has 0 amide bonds. The van der Waals surface area contributed by atoms with Crippen LogP contribution in [0.15, 0.2) is 52.2 Å². The molecule has 0 bridgehead atoms. The van der Waals surface area contributed by atoms with E-state index in [4.69, 9.17) is 13.9 Å². The summed E-state index contributed by atoms with van der Waals surface area (Å²) in [6.07, 6.45) is 1.42. The first-order chi connectivity index (χ1) is 11.7. The number of ether oxygens (including phenoxy) is 2. The molecule has 0 radical (unpaired) electrons. The lowest BCUT2D eigenvalue weighted by atomic mass is 9.85. The van der Waals surface area contributed by atoms with Gasteiger partial charge in [0.1, 0.15) is 11.8 Å². The van der Waals surface area contributed by atoms with Crippen molar-refractivity contribution in [3.05, 3.63) is 54.0 Å². The zero-order chi connectivity index (χ0) is 17.1. The van der Waals surface area contributed by atoms with Crippen LogP contribution in [0.2, 0.25) is 0 Å². The molecule has 1 aliphatic rings. The summed E-state index contributed by atoms with van der Waals surface area (Å²) in [4.78, 5) is 24.7. The molecule has 1 N–H and O–H groups in total. The van der Waals surface area contributed by atoms with E-state index in [0.717, 1.165) is 5.56 Å². The Hall–Kier alpha value is -3.09. The Morgan fingerprint density at radius 1 is 1.17 bits per heavy atom. The molecule has 0 saturated heterocycles. The number of hydrazone groups is 1. The van der Waals surface area contributed by atoms with Crippen molar-refractivity contribution in [1.82, 2.24) is 5.43 Å². The number of furan rings is 1. The van der Waals surface area contributed by atoms with Crippen LogP contribution in [-0.4, -0.2) is 37.7 Å². The standard InChI is InChI=1S/C17H16N2O5/c1-22-11-7-5-10(6-8-11)13-14(16(20)12-4-3-9-24-12)18-19-15(13)17(21)23-2/h3-9,13-14,18H,1-2H3/t13-,14-/m1/s1. The summed E-state index contributed by atoms with van der Waals surface area (Å²) in [5.74, 6) is -0.579. The zero-order valence-corrected chi connectivity index (χ0v) is 13.2. The second-order valence-corrected chi connectivity index (χ2v) is 5.19. The Morgan fingerprint density at radius 3 is 2.50 bits per heavy atom. The average molecular weight is 328 g/mol. The topological polar surface area (TPSA) is 90.1 Å². The van der Waals surface area contributed by atoms with E-state index in [-0.39, 0.29) is 17.3 Å². The first-order valence-electron chi connectivity index (χ1n) is 7.28. The lowest BCUT2D eigenvalue weighted by Crippen LogP contribution is -2.37. The first-order valence-corrected chi connectivity index (χ1v) is 7.28. The molecular weight excluding hydrogens is 312 g/mol. The van der Waals surface area contributed by atoms with E-state index in [2.05, 4.69) is 10.5 Å². The second-order valence-electron chi connectivity index (χ2n) is 5.19. The monoisotopic (exact) mass is 328 g/mol. The first kappa shape index (κ1) is 15.8. The van der Waals surface area contributed by atoms with Gasteiger partial charge in [0.25, 0.3) is 0 Å². The number of nitrogens with zero attached hydrogens (tertiary/aromatic N) is 1. The SMILES string of the molecule is COC(=O)C1=NN[C@@H](C(=O)c2ccco2)[C@H]1c1ccc(OC)cc1. The van der Waals surface area contributed by atoms with Crippen molar-refractivity contribution in [2.24, 2.45) is 5.10 Å². The van der Waals surface area contributed by atoms with Gasteiger partial charge in [0.05, 0.1) is 26.4 Å². The van der Waals surface area contributed by atoms with Gasteiger partial charge in [-0.1, -0.05) is 12.1 Å². The van der Waals surface area contributed by atoms with Gasteiger partial charge in [-0.3, -0.25) is 10.2 Å². The van der Waals surface area contributed by atoms with Gasteiger partial charge in [-0.25, -0.2) is 4.79 Å². The van der Waals surface area contributed by atoms with Crippen LogP contribution < -0.4 is 10.2 Å². The van der Waals surface area contributed by atoms with E-state index >= 15 is 0 Å². The quantitative estimate of drug-likeness (QED) is 0.664. The van der Waals surface area contributed by atoms with E-state index in [1.807, 2.05) is 0 Å². The fourth-order valence-corrected chi connectivity index (χ4v) is 2.66. The van der Waals surface area contributed by atoms with Crippen molar-refractivity contribution in [1.29, 1.82) is 0 Å². The normalized spacial score (nSPS) is 19.3. The van der Waals surface area contributed by atoms with Crippen LogP contribution in [0.25, 0.3) is 0 Å². The summed E-state index contributed by atoms with van der Waals surface area (Å²) in [5.41, 5.74) is 3.62. The molecule has 24 heavy (non-hydrogen) atoms. The molecule has 0 aliphatic carbocycles. The van der Waals surface area contributed by atoms with Gasteiger partial charge in [0, 0.05) is 0 Å².